The van der Waals surface area contributed by atoms with Crippen molar-refractivity contribution in [3.8, 4) is 0 Å². The van der Waals surface area contributed by atoms with Crippen LogP contribution in [0.3, 0.4) is 0 Å². The highest BCUT2D eigenvalue weighted by molar-refractivity contribution is 7.54. The summed E-state index contributed by atoms with van der Waals surface area (Å²) in [6.07, 6.45) is -7.74. The Morgan fingerprint density at radius 3 is 2.15 bits per heavy atom. The molecule has 278 valence electrons. The third-order valence-electron chi connectivity index (χ3n) is 8.34. The Labute approximate surface area is 277 Å². The average Bonchev–Trinajstić information content (AvgIpc) is 2.95. The Hall–Kier alpha value is -1.71. The highest BCUT2D eigenvalue weighted by Gasteiger charge is 2.42. The first-order valence-electron chi connectivity index (χ1n) is 16.2. The van der Waals surface area contributed by atoms with Crippen LogP contribution >= 0.6 is 7.60 Å². The monoisotopic (exact) mass is 724 g/mol. The number of carbonyl (C=O) groups is 2. The van der Waals surface area contributed by atoms with Gasteiger partial charge in [0.2, 0.25) is 0 Å². The number of rotatable bonds is 11. The predicted octanol–water partition coefficient (Wildman–Crippen LogP) is 7.08. The Bertz CT molecular complexity index is 1090. The molecule has 0 aliphatic carbocycles. The van der Waals surface area contributed by atoms with Gasteiger partial charge in [0.1, 0.15) is 18.4 Å². The van der Waals surface area contributed by atoms with Crippen molar-refractivity contribution in [3.63, 3.8) is 0 Å². The maximum absolute atomic E-state index is 13.2. The molecule has 0 spiro atoms. The van der Waals surface area contributed by atoms with Crippen LogP contribution in [-0.4, -0.2) is 93.5 Å². The fraction of sp³-hybridized carbons (Fsp3) is 0.871. The lowest BCUT2D eigenvalue weighted by atomic mass is 9.86. The second-order valence-electron chi connectivity index (χ2n) is 13.2. The van der Waals surface area contributed by atoms with Crippen molar-refractivity contribution in [3.05, 3.63) is 12.2 Å². The van der Waals surface area contributed by atoms with Crippen molar-refractivity contribution in [2.75, 3.05) is 26.5 Å². The molecule has 3 saturated heterocycles. The van der Waals surface area contributed by atoms with Crippen LogP contribution in [0.2, 0.25) is 0 Å². The fourth-order valence-electron chi connectivity index (χ4n) is 6.02. The number of cyclic esters (lactones) is 1. The van der Waals surface area contributed by atoms with Crippen LogP contribution in [0, 0.1) is 11.8 Å². The van der Waals surface area contributed by atoms with Gasteiger partial charge in [-0.1, -0.05) is 26.8 Å². The van der Waals surface area contributed by atoms with Gasteiger partial charge in [0.15, 0.2) is 13.2 Å². The Balaban J connectivity index is 1.78. The summed E-state index contributed by atoms with van der Waals surface area (Å²) in [4.78, 5) is 26.0. The maximum Gasteiger partial charge on any atom is 0.412 e. The molecule has 10 nitrogen and oxygen atoms in total. The van der Waals surface area contributed by atoms with E-state index in [-0.39, 0.29) is 43.5 Å². The first kappa shape index (κ1) is 40.7. The molecule has 48 heavy (non-hydrogen) atoms. The fourth-order valence-corrected chi connectivity index (χ4v) is 7.35. The summed E-state index contributed by atoms with van der Waals surface area (Å²) >= 11 is 0. The van der Waals surface area contributed by atoms with Crippen LogP contribution in [0.25, 0.3) is 0 Å². The molecule has 3 rings (SSSR count). The van der Waals surface area contributed by atoms with Gasteiger partial charge in [0.05, 0.1) is 36.9 Å². The highest BCUT2D eigenvalue weighted by Crippen LogP contribution is 2.50. The highest BCUT2D eigenvalue weighted by atomic mass is 31.2. The van der Waals surface area contributed by atoms with Crippen LogP contribution in [-0.2, 0) is 46.9 Å². The third-order valence-corrected chi connectivity index (χ3v) is 10.0. The molecular weight excluding hydrogens is 677 g/mol. The van der Waals surface area contributed by atoms with E-state index < -0.39 is 75.7 Å². The zero-order valence-corrected chi connectivity index (χ0v) is 28.5. The minimum Gasteiger partial charge on any atom is -0.462 e. The van der Waals surface area contributed by atoms with Gasteiger partial charge in [-0.3, -0.25) is 23.2 Å². The number of esters is 2. The van der Waals surface area contributed by atoms with E-state index in [4.69, 9.17) is 23.7 Å². The summed E-state index contributed by atoms with van der Waals surface area (Å²) in [6, 6.07) is 0. The van der Waals surface area contributed by atoms with Crippen molar-refractivity contribution < 1.29 is 73.2 Å². The smallest absolute Gasteiger partial charge is 0.412 e. The lowest BCUT2D eigenvalue weighted by molar-refractivity contribution is -0.174. The minimum absolute atomic E-state index is 0.0364. The zero-order chi connectivity index (χ0) is 35.7. The van der Waals surface area contributed by atoms with E-state index >= 15 is 0 Å². The van der Waals surface area contributed by atoms with E-state index in [0.717, 1.165) is 19.3 Å². The summed E-state index contributed by atoms with van der Waals surface area (Å²) < 4.78 is 127. The number of fused-ring (bicyclic) bond motifs is 4. The summed E-state index contributed by atoms with van der Waals surface area (Å²) in [6.45, 7) is 1.83. The van der Waals surface area contributed by atoms with Gasteiger partial charge >= 0.3 is 31.9 Å². The Morgan fingerprint density at radius 1 is 0.917 bits per heavy atom. The normalized spacial score (nSPS) is 31.4. The number of allylic oxidation sites excluding steroid dienone is 1. The first-order valence-corrected chi connectivity index (χ1v) is 17.9. The quantitative estimate of drug-likeness (QED) is 0.0948. The molecule has 0 aromatic rings. The number of alkyl halides is 6. The third kappa shape index (κ3) is 15.0. The SMILES string of the molecule is CO[C@@H]1C[C@@H]2C[C@@H](OC(=O)CP(=O)(OCC(F)(F)F)OCC(F)(F)F)C[C@H](CC(=O)O[C@@H](/C=C/CC(C)C)C[C@@H]3CC[C@H](C)[C@@H](C1)O3)O2. The summed E-state index contributed by atoms with van der Waals surface area (Å²) in [5, 5.41) is 0. The molecule has 0 unspecified atom stereocenters. The molecule has 0 amide bonds. The van der Waals surface area contributed by atoms with E-state index in [2.05, 4.69) is 29.8 Å². The van der Waals surface area contributed by atoms with Gasteiger partial charge in [0.25, 0.3) is 0 Å². The van der Waals surface area contributed by atoms with Gasteiger partial charge in [-0.15, -0.1) is 0 Å². The zero-order valence-electron chi connectivity index (χ0n) is 27.6. The molecule has 0 saturated carbocycles. The lowest BCUT2D eigenvalue weighted by Gasteiger charge is -2.40. The average molecular weight is 725 g/mol. The molecule has 3 fully saturated rings. The lowest BCUT2D eigenvalue weighted by Crippen LogP contribution is -2.43. The standard InChI is InChI=1S/C31H47F6O10P/c1-19(2)6-5-7-21-10-22-9-8-20(3)27(45-22)14-23(41-4)11-24-12-25(13-26(44-24)15-28(38)46-21)47-29(39)16-48(40,42-17-30(32,33)34)43-18-31(35,36)37/h5,7,19-27H,6,8-18H2,1-4H3/b7-5+/t20-,21-,22-,23+,24+,25+,26+,27+/m0/s1. The number of methoxy groups -OCH3 is 1. The summed E-state index contributed by atoms with van der Waals surface area (Å²) in [5.74, 6) is -1.34. The second kappa shape index (κ2) is 18.0. The van der Waals surface area contributed by atoms with Crippen molar-refractivity contribution in [2.45, 2.75) is 134 Å². The number of halogens is 6. The van der Waals surface area contributed by atoms with E-state index in [0.29, 0.717) is 25.2 Å². The minimum atomic E-state index is -5.23. The number of ether oxygens (including phenoxy) is 5. The summed E-state index contributed by atoms with van der Waals surface area (Å²) in [7, 11) is -3.69. The van der Waals surface area contributed by atoms with Crippen LogP contribution < -0.4 is 0 Å². The topological polar surface area (TPSA) is 116 Å². The van der Waals surface area contributed by atoms with Crippen molar-refractivity contribution in [1.29, 1.82) is 0 Å². The Kier molecular flexibility index (Phi) is 15.3. The molecule has 0 N–H and O–H groups in total. The van der Waals surface area contributed by atoms with Gasteiger partial charge in [-0.2, -0.15) is 26.3 Å². The maximum atomic E-state index is 13.2. The molecule has 3 heterocycles. The van der Waals surface area contributed by atoms with Crippen molar-refractivity contribution in [1.82, 2.24) is 0 Å². The molecule has 17 heteroatoms. The second-order valence-corrected chi connectivity index (χ2v) is 15.3. The molecule has 8 atom stereocenters. The van der Waals surface area contributed by atoms with Crippen LogP contribution in [0.15, 0.2) is 12.2 Å². The van der Waals surface area contributed by atoms with Gasteiger partial charge < -0.3 is 23.7 Å². The van der Waals surface area contributed by atoms with Crippen LogP contribution in [0.4, 0.5) is 26.3 Å². The predicted molar refractivity (Wildman–Crippen MR) is 159 cm³/mol. The molecule has 3 aliphatic rings. The molecule has 4 bridgehead atoms. The van der Waals surface area contributed by atoms with E-state index in [1.54, 1.807) is 7.11 Å². The van der Waals surface area contributed by atoms with Crippen LogP contribution in [0.1, 0.15) is 78.6 Å². The number of carbonyl (C=O) groups excluding carboxylic acids is 2. The number of hydrogen-bond acceptors (Lipinski definition) is 10. The summed E-state index contributed by atoms with van der Waals surface area (Å²) in [5.41, 5.74) is 0. The molecular formula is C31H47F6O10P. The van der Waals surface area contributed by atoms with E-state index in [9.17, 15) is 40.5 Å². The Morgan fingerprint density at radius 2 is 1.54 bits per heavy atom. The van der Waals surface area contributed by atoms with Gasteiger partial charge in [0, 0.05) is 32.8 Å². The van der Waals surface area contributed by atoms with E-state index in [1.165, 1.54) is 0 Å². The molecule has 3 aliphatic heterocycles. The first-order chi connectivity index (χ1) is 22.3. The van der Waals surface area contributed by atoms with Crippen molar-refractivity contribution >= 4 is 19.5 Å². The van der Waals surface area contributed by atoms with Crippen LogP contribution in [0.5, 0.6) is 0 Å². The van der Waals surface area contributed by atoms with Crippen molar-refractivity contribution in [2.24, 2.45) is 11.8 Å². The number of hydrogen-bond donors (Lipinski definition) is 0. The molecule has 0 radical (unpaired) electrons. The molecule has 0 aromatic carbocycles. The van der Waals surface area contributed by atoms with E-state index in [1.807, 2.05) is 12.2 Å². The largest absolute Gasteiger partial charge is 0.462 e. The van der Waals surface area contributed by atoms with Gasteiger partial charge in [-0.25, -0.2) is 0 Å². The van der Waals surface area contributed by atoms with Gasteiger partial charge in [-0.05, 0) is 43.6 Å². The molecule has 0 aromatic heterocycles.